The highest BCUT2D eigenvalue weighted by Gasteiger charge is 2.18. The summed E-state index contributed by atoms with van der Waals surface area (Å²) in [4.78, 5) is 20.9. The molecule has 0 aliphatic carbocycles. The summed E-state index contributed by atoms with van der Waals surface area (Å²) in [6, 6.07) is 13.3. The normalized spacial score (nSPS) is 12.3. The SMILES string of the molecule is C[C@@H](Sc1ncnc2ccccc12)C(=O)c1ccc(F)cc1. The monoisotopic (exact) mass is 312 g/mol. The third-order valence-electron chi connectivity index (χ3n) is 3.29. The molecule has 22 heavy (non-hydrogen) atoms. The van der Waals surface area contributed by atoms with E-state index in [9.17, 15) is 9.18 Å². The van der Waals surface area contributed by atoms with E-state index >= 15 is 0 Å². The molecular formula is C17H13FN2OS. The van der Waals surface area contributed by atoms with Crippen LogP contribution < -0.4 is 0 Å². The Morgan fingerprint density at radius 2 is 1.82 bits per heavy atom. The lowest BCUT2D eigenvalue weighted by molar-refractivity contribution is 0.0994. The molecule has 3 aromatic rings. The van der Waals surface area contributed by atoms with E-state index in [1.54, 1.807) is 0 Å². The van der Waals surface area contributed by atoms with Crippen molar-refractivity contribution in [2.75, 3.05) is 0 Å². The lowest BCUT2D eigenvalue weighted by Crippen LogP contribution is -2.13. The fourth-order valence-electron chi connectivity index (χ4n) is 2.14. The number of halogens is 1. The zero-order valence-corrected chi connectivity index (χ0v) is 12.7. The maximum Gasteiger partial charge on any atom is 0.175 e. The van der Waals surface area contributed by atoms with Gasteiger partial charge in [-0.25, -0.2) is 14.4 Å². The summed E-state index contributed by atoms with van der Waals surface area (Å²) in [6.07, 6.45) is 1.50. The molecule has 1 aromatic heterocycles. The molecule has 1 atom stereocenters. The zero-order chi connectivity index (χ0) is 15.5. The quantitative estimate of drug-likeness (QED) is 0.413. The van der Waals surface area contributed by atoms with Gasteiger partial charge in [0.05, 0.1) is 10.8 Å². The fourth-order valence-corrected chi connectivity index (χ4v) is 3.13. The summed E-state index contributed by atoms with van der Waals surface area (Å²) in [6.45, 7) is 1.83. The van der Waals surface area contributed by atoms with Gasteiger partial charge in [0.2, 0.25) is 0 Å². The number of fused-ring (bicyclic) bond motifs is 1. The van der Waals surface area contributed by atoms with E-state index in [0.717, 1.165) is 15.9 Å². The minimum atomic E-state index is -0.348. The second-order valence-corrected chi connectivity index (χ2v) is 6.16. The van der Waals surface area contributed by atoms with E-state index in [0.29, 0.717) is 5.56 Å². The van der Waals surface area contributed by atoms with E-state index in [1.165, 1.54) is 42.4 Å². The first-order valence-electron chi connectivity index (χ1n) is 6.81. The van der Waals surface area contributed by atoms with Gasteiger partial charge in [-0.05, 0) is 37.3 Å². The van der Waals surface area contributed by atoms with Gasteiger partial charge in [0, 0.05) is 10.9 Å². The van der Waals surface area contributed by atoms with Crippen LogP contribution in [0, 0.1) is 5.82 Å². The summed E-state index contributed by atoms with van der Waals surface area (Å²) in [5, 5.41) is 1.38. The molecule has 0 saturated carbocycles. The lowest BCUT2D eigenvalue weighted by Gasteiger charge is -2.11. The Kier molecular flexibility index (Phi) is 4.15. The number of benzene rings is 2. The number of carbonyl (C=O) groups is 1. The average molecular weight is 312 g/mol. The minimum absolute atomic E-state index is 0.0484. The molecular weight excluding hydrogens is 299 g/mol. The smallest absolute Gasteiger partial charge is 0.175 e. The highest BCUT2D eigenvalue weighted by atomic mass is 32.2. The first-order valence-corrected chi connectivity index (χ1v) is 7.69. The number of para-hydroxylation sites is 1. The maximum atomic E-state index is 12.9. The number of hydrogen-bond acceptors (Lipinski definition) is 4. The number of ketones is 1. The molecule has 2 aromatic carbocycles. The average Bonchev–Trinajstić information content (AvgIpc) is 2.55. The van der Waals surface area contributed by atoms with Crippen molar-refractivity contribution in [3.05, 3.63) is 66.2 Å². The van der Waals surface area contributed by atoms with Crippen LogP contribution in [0.4, 0.5) is 4.39 Å². The molecule has 0 unspecified atom stereocenters. The van der Waals surface area contributed by atoms with Crippen LogP contribution in [0.15, 0.2) is 59.9 Å². The molecule has 110 valence electrons. The molecule has 5 heteroatoms. The van der Waals surface area contributed by atoms with Crippen LogP contribution in [0.1, 0.15) is 17.3 Å². The van der Waals surface area contributed by atoms with Crippen LogP contribution in [-0.2, 0) is 0 Å². The second-order valence-electron chi connectivity index (χ2n) is 4.83. The van der Waals surface area contributed by atoms with Crippen molar-refractivity contribution in [1.29, 1.82) is 0 Å². The number of thioether (sulfide) groups is 1. The molecule has 0 saturated heterocycles. The first-order chi connectivity index (χ1) is 10.6. The van der Waals surface area contributed by atoms with Crippen LogP contribution in [-0.4, -0.2) is 21.0 Å². The molecule has 3 rings (SSSR count). The Labute approximate surface area is 131 Å². The number of aromatic nitrogens is 2. The van der Waals surface area contributed by atoms with Gasteiger partial charge in [-0.15, -0.1) is 0 Å². The van der Waals surface area contributed by atoms with Crippen LogP contribution in [0.5, 0.6) is 0 Å². The van der Waals surface area contributed by atoms with Gasteiger partial charge in [0.1, 0.15) is 17.2 Å². The number of carbonyl (C=O) groups excluding carboxylic acids is 1. The van der Waals surface area contributed by atoms with Crippen molar-refractivity contribution in [3.63, 3.8) is 0 Å². The van der Waals surface area contributed by atoms with Crippen LogP contribution in [0.3, 0.4) is 0 Å². The molecule has 0 fully saturated rings. The highest BCUT2D eigenvalue weighted by Crippen LogP contribution is 2.29. The third-order valence-corrected chi connectivity index (χ3v) is 4.41. The van der Waals surface area contributed by atoms with Gasteiger partial charge in [-0.2, -0.15) is 0 Å². The zero-order valence-electron chi connectivity index (χ0n) is 11.9. The summed E-state index contributed by atoms with van der Waals surface area (Å²) in [7, 11) is 0. The Morgan fingerprint density at radius 1 is 1.09 bits per heavy atom. The topological polar surface area (TPSA) is 42.9 Å². The molecule has 1 heterocycles. The largest absolute Gasteiger partial charge is 0.293 e. The van der Waals surface area contributed by atoms with Crippen LogP contribution >= 0.6 is 11.8 Å². The minimum Gasteiger partial charge on any atom is -0.293 e. The van der Waals surface area contributed by atoms with E-state index in [1.807, 2.05) is 31.2 Å². The number of rotatable bonds is 4. The molecule has 3 nitrogen and oxygen atoms in total. The standard InChI is InChI=1S/C17H13FN2OS/c1-11(16(21)12-6-8-13(18)9-7-12)22-17-14-4-2-3-5-15(14)19-10-20-17/h2-11H,1H3/t11-/m1/s1. The maximum absolute atomic E-state index is 12.9. The fraction of sp³-hybridized carbons (Fsp3) is 0.118. The predicted molar refractivity (Wildman–Crippen MR) is 85.6 cm³/mol. The van der Waals surface area contributed by atoms with Gasteiger partial charge in [0.25, 0.3) is 0 Å². The van der Waals surface area contributed by atoms with Crippen molar-refractivity contribution in [1.82, 2.24) is 9.97 Å². The summed E-state index contributed by atoms with van der Waals surface area (Å²) >= 11 is 1.39. The van der Waals surface area contributed by atoms with E-state index in [4.69, 9.17) is 0 Å². The lowest BCUT2D eigenvalue weighted by atomic mass is 10.1. The molecule has 0 aliphatic rings. The first kappa shape index (κ1) is 14.7. The van der Waals surface area contributed by atoms with Crippen molar-refractivity contribution in [3.8, 4) is 0 Å². The highest BCUT2D eigenvalue weighted by molar-refractivity contribution is 8.00. The van der Waals surface area contributed by atoms with Gasteiger partial charge in [-0.1, -0.05) is 30.0 Å². The number of hydrogen-bond donors (Lipinski definition) is 0. The summed E-state index contributed by atoms with van der Waals surface area (Å²) < 4.78 is 12.9. The molecule has 0 N–H and O–H groups in total. The van der Waals surface area contributed by atoms with Crippen LogP contribution in [0.2, 0.25) is 0 Å². The van der Waals surface area contributed by atoms with Crippen molar-refractivity contribution >= 4 is 28.4 Å². The summed E-state index contributed by atoms with van der Waals surface area (Å²) in [5.41, 5.74) is 1.35. The third kappa shape index (κ3) is 2.99. The second kappa shape index (κ2) is 6.23. The van der Waals surface area contributed by atoms with E-state index < -0.39 is 0 Å². The molecule has 0 amide bonds. The predicted octanol–water partition coefficient (Wildman–Crippen LogP) is 4.13. The van der Waals surface area contributed by atoms with Crippen molar-refractivity contribution in [2.45, 2.75) is 17.2 Å². The Hall–Kier alpha value is -2.27. The Bertz CT molecular complexity index is 815. The van der Waals surface area contributed by atoms with E-state index in [-0.39, 0.29) is 16.9 Å². The number of nitrogens with zero attached hydrogens (tertiary/aromatic N) is 2. The van der Waals surface area contributed by atoms with Gasteiger partial charge >= 0.3 is 0 Å². The summed E-state index contributed by atoms with van der Waals surface area (Å²) in [5.74, 6) is -0.397. The molecule has 0 spiro atoms. The number of Topliss-reactive ketones (excluding diaryl/α,β-unsaturated/α-hetero) is 1. The Balaban J connectivity index is 1.85. The molecule has 0 radical (unpaired) electrons. The molecule has 0 aliphatic heterocycles. The van der Waals surface area contributed by atoms with E-state index in [2.05, 4.69) is 9.97 Å². The van der Waals surface area contributed by atoms with Gasteiger partial charge in [-0.3, -0.25) is 4.79 Å². The van der Waals surface area contributed by atoms with Crippen molar-refractivity contribution < 1.29 is 9.18 Å². The van der Waals surface area contributed by atoms with Gasteiger partial charge < -0.3 is 0 Å². The van der Waals surface area contributed by atoms with Crippen molar-refractivity contribution in [2.24, 2.45) is 0 Å². The van der Waals surface area contributed by atoms with Crippen LogP contribution in [0.25, 0.3) is 10.9 Å². The van der Waals surface area contributed by atoms with Gasteiger partial charge in [0.15, 0.2) is 5.78 Å². The molecule has 0 bridgehead atoms. The Morgan fingerprint density at radius 3 is 2.59 bits per heavy atom.